The van der Waals surface area contributed by atoms with Crippen LogP contribution in [-0.2, 0) is 4.74 Å². The van der Waals surface area contributed by atoms with Gasteiger partial charge in [-0.3, -0.25) is 4.90 Å². The maximum atomic E-state index is 5.76. The van der Waals surface area contributed by atoms with Gasteiger partial charge in [-0.1, -0.05) is 0 Å². The average Bonchev–Trinajstić information content (AvgIpc) is 3.17. The summed E-state index contributed by atoms with van der Waals surface area (Å²) in [7, 11) is 0. The third-order valence-electron chi connectivity index (χ3n) is 4.14. The number of hydrogen-bond acceptors (Lipinski definition) is 4. The highest BCUT2D eigenvalue weighted by Gasteiger charge is 2.27. The molecule has 4 nitrogen and oxygen atoms in total. The molecule has 1 atom stereocenters. The first-order chi connectivity index (χ1) is 8.40. The zero-order chi connectivity index (χ0) is 11.5. The van der Waals surface area contributed by atoms with E-state index in [-0.39, 0.29) is 0 Å². The molecule has 1 N–H and O–H groups in total. The Morgan fingerprint density at radius 3 is 2.29 bits per heavy atom. The van der Waals surface area contributed by atoms with Gasteiger partial charge in [0.2, 0.25) is 0 Å². The van der Waals surface area contributed by atoms with Crippen molar-refractivity contribution in [3.8, 4) is 0 Å². The van der Waals surface area contributed by atoms with Gasteiger partial charge in [-0.15, -0.1) is 0 Å². The average molecular weight is 239 g/mol. The molecule has 2 heterocycles. The summed E-state index contributed by atoms with van der Waals surface area (Å²) in [5.41, 5.74) is 0. The second-order valence-corrected chi connectivity index (χ2v) is 5.74. The standard InChI is InChI=1S/C13H25N3O/c1-2-12(1)10-15-4-6-16(7-5-15)11-13-9-14-3-8-17-13/h12-14H,1-11H2. The van der Waals surface area contributed by atoms with Crippen molar-refractivity contribution in [3.05, 3.63) is 0 Å². The minimum Gasteiger partial charge on any atom is -0.374 e. The van der Waals surface area contributed by atoms with Crippen LogP contribution in [0, 0.1) is 5.92 Å². The van der Waals surface area contributed by atoms with Gasteiger partial charge in [0.05, 0.1) is 12.7 Å². The predicted octanol–water partition coefficient (Wildman–Crippen LogP) is 0.00240. The van der Waals surface area contributed by atoms with E-state index in [9.17, 15) is 0 Å². The summed E-state index contributed by atoms with van der Waals surface area (Å²) in [6, 6.07) is 0. The molecule has 4 heteroatoms. The van der Waals surface area contributed by atoms with Crippen LogP contribution >= 0.6 is 0 Å². The summed E-state index contributed by atoms with van der Waals surface area (Å²) in [6.45, 7) is 10.4. The molecule has 2 saturated heterocycles. The lowest BCUT2D eigenvalue weighted by atomic mass is 10.2. The predicted molar refractivity (Wildman–Crippen MR) is 68.2 cm³/mol. The smallest absolute Gasteiger partial charge is 0.0826 e. The third-order valence-corrected chi connectivity index (χ3v) is 4.14. The topological polar surface area (TPSA) is 27.7 Å². The molecule has 3 fully saturated rings. The van der Waals surface area contributed by atoms with Crippen LogP contribution in [0.25, 0.3) is 0 Å². The van der Waals surface area contributed by atoms with Gasteiger partial charge >= 0.3 is 0 Å². The van der Waals surface area contributed by atoms with Gasteiger partial charge in [0.25, 0.3) is 0 Å². The Hall–Kier alpha value is -0.160. The molecule has 17 heavy (non-hydrogen) atoms. The van der Waals surface area contributed by atoms with Crippen molar-refractivity contribution in [2.75, 3.05) is 59.0 Å². The number of ether oxygens (including phenoxy) is 1. The highest BCUT2D eigenvalue weighted by Crippen LogP contribution is 2.29. The highest BCUT2D eigenvalue weighted by atomic mass is 16.5. The van der Waals surface area contributed by atoms with E-state index in [0.717, 1.165) is 32.2 Å². The van der Waals surface area contributed by atoms with Gasteiger partial charge in [-0.2, -0.15) is 0 Å². The Morgan fingerprint density at radius 2 is 1.71 bits per heavy atom. The zero-order valence-corrected chi connectivity index (χ0v) is 10.7. The van der Waals surface area contributed by atoms with Crippen LogP contribution in [-0.4, -0.2) is 74.9 Å². The monoisotopic (exact) mass is 239 g/mol. The lowest BCUT2D eigenvalue weighted by Gasteiger charge is -2.37. The number of piperazine rings is 1. The SMILES string of the molecule is C1COC(CN2CCN(CC3CC3)CC2)CN1. The Labute approximate surface area is 104 Å². The Bertz CT molecular complexity index is 231. The first-order valence-electron chi connectivity index (χ1n) is 7.17. The lowest BCUT2D eigenvalue weighted by Crippen LogP contribution is -2.52. The van der Waals surface area contributed by atoms with E-state index in [0.29, 0.717) is 6.10 Å². The van der Waals surface area contributed by atoms with Crippen molar-refractivity contribution in [1.82, 2.24) is 15.1 Å². The molecule has 0 bridgehead atoms. The number of nitrogens with zero attached hydrogens (tertiary/aromatic N) is 2. The van der Waals surface area contributed by atoms with Gasteiger partial charge < -0.3 is 15.0 Å². The molecule has 0 radical (unpaired) electrons. The maximum absolute atomic E-state index is 5.76. The van der Waals surface area contributed by atoms with Crippen molar-refractivity contribution in [2.24, 2.45) is 5.92 Å². The Morgan fingerprint density at radius 1 is 1.00 bits per heavy atom. The lowest BCUT2D eigenvalue weighted by molar-refractivity contribution is -0.00423. The van der Waals surface area contributed by atoms with Crippen LogP contribution in [0.5, 0.6) is 0 Å². The van der Waals surface area contributed by atoms with Crippen LogP contribution in [0.15, 0.2) is 0 Å². The Kier molecular flexibility index (Phi) is 3.96. The second kappa shape index (κ2) is 5.65. The van der Waals surface area contributed by atoms with Gasteiger partial charge in [0.1, 0.15) is 0 Å². The molecule has 2 aliphatic heterocycles. The number of hydrogen-bond donors (Lipinski definition) is 1. The van der Waals surface area contributed by atoms with Crippen molar-refractivity contribution < 1.29 is 4.74 Å². The normalized spacial score (nSPS) is 32.8. The van der Waals surface area contributed by atoms with Gasteiger partial charge in [0.15, 0.2) is 0 Å². The molecule has 0 aromatic rings. The molecule has 1 unspecified atom stereocenters. The maximum Gasteiger partial charge on any atom is 0.0826 e. The van der Waals surface area contributed by atoms with Crippen LogP contribution in [0.2, 0.25) is 0 Å². The van der Waals surface area contributed by atoms with E-state index in [4.69, 9.17) is 4.74 Å². The van der Waals surface area contributed by atoms with E-state index in [1.807, 2.05) is 0 Å². The van der Waals surface area contributed by atoms with Crippen LogP contribution in [0.1, 0.15) is 12.8 Å². The summed E-state index contributed by atoms with van der Waals surface area (Å²) >= 11 is 0. The molecule has 1 aliphatic carbocycles. The molecule has 0 aromatic carbocycles. The van der Waals surface area contributed by atoms with Crippen molar-refractivity contribution >= 4 is 0 Å². The zero-order valence-electron chi connectivity index (χ0n) is 10.7. The first kappa shape index (κ1) is 11.9. The third kappa shape index (κ3) is 3.65. The van der Waals surface area contributed by atoms with Crippen molar-refractivity contribution in [1.29, 1.82) is 0 Å². The van der Waals surface area contributed by atoms with E-state index in [1.54, 1.807) is 0 Å². The number of nitrogens with one attached hydrogen (secondary N) is 1. The summed E-state index contributed by atoms with van der Waals surface area (Å²) < 4.78 is 5.76. The van der Waals surface area contributed by atoms with Gasteiger partial charge in [0, 0.05) is 52.4 Å². The van der Waals surface area contributed by atoms with Crippen LogP contribution in [0.3, 0.4) is 0 Å². The molecular weight excluding hydrogens is 214 g/mol. The molecule has 98 valence electrons. The Balaban J connectivity index is 1.35. The molecule has 0 aromatic heterocycles. The summed E-state index contributed by atoms with van der Waals surface area (Å²) in [4.78, 5) is 5.22. The first-order valence-corrected chi connectivity index (χ1v) is 7.17. The number of rotatable bonds is 4. The van der Waals surface area contributed by atoms with Gasteiger partial charge in [-0.25, -0.2) is 0 Å². The molecular formula is C13H25N3O. The van der Waals surface area contributed by atoms with E-state index in [1.165, 1.54) is 45.6 Å². The fraction of sp³-hybridized carbons (Fsp3) is 1.00. The molecule has 1 saturated carbocycles. The van der Waals surface area contributed by atoms with Gasteiger partial charge in [-0.05, 0) is 18.8 Å². The minimum atomic E-state index is 0.415. The molecule has 0 amide bonds. The largest absolute Gasteiger partial charge is 0.374 e. The fourth-order valence-corrected chi connectivity index (χ4v) is 2.84. The van der Waals surface area contributed by atoms with Crippen molar-refractivity contribution in [3.63, 3.8) is 0 Å². The molecule has 0 spiro atoms. The summed E-state index contributed by atoms with van der Waals surface area (Å²) in [5, 5.41) is 3.41. The molecule has 3 aliphatic rings. The second-order valence-electron chi connectivity index (χ2n) is 5.74. The highest BCUT2D eigenvalue weighted by molar-refractivity contribution is 4.82. The van der Waals surface area contributed by atoms with Crippen LogP contribution in [0.4, 0.5) is 0 Å². The quantitative estimate of drug-likeness (QED) is 0.747. The summed E-state index contributed by atoms with van der Waals surface area (Å²) in [6.07, 6.45) is 3.36. The minimum absolute atomic E-state index is 0.415. The summed E-state index contributed by atoms with van der Waals surface area (Å²) in [5.74, 6) is 1.03. The fourth-order valence-electron chi connectivity index (χ4n) is 2.84. The van der Waals surface area contributed by atoms with E-state index in [2.05, 4.69) is 15.1 Å². The van der Waals surface area contributed by atoms with Crippen LogP contribution < -0.4 is 5.32 Å². The van der Waals surface area contributed by atoms with E-state index >= 15 is 0 Å². The van der Waals surface area contributed by atoms with Crippen molar-refractivity contribution in [2.45, 2.75) is 18.9 Å². The van der Waals surface area contributed by atoms with E-state index < -0.39 is 0 Å². The molecule has 3 rings (SSSR count). The number of morpholine rings is 1.